The van der Waals surface area contributed by atoms with Gasteiger partial charge in [-0.15, -0.1) is 0 Å². The van der Waals surface area contributed by atoms with Gasteiger partial charge in [-0.05, 0) is 39.0 Å². The lowest BCUT2D eigenvalue weighted by Gasteiger charge is -2.39. The van der Waals surface area contributed by atoms with Crippen molar-refractivity contribution in [2.75, 3.05) is 13.2 Å². The van der Waals surface area contributed by atoms with Crippen LogP contribution in [0.4, 0.5) is 0 Å². The zero-order chi connectivity index (χ0) is 12.2. The number of hydrogen-bond acceptors (Lipinski definition) is 3. The van der Waals surface area contributed by atoms with E-state index in [0.29, 0.717) is 25.5 Å². The Morgan fingerprint density at radius 2 is 2.19 bits per heavy atom. The van der Waals surface area contributed by atoms with Crippen LogP contribution >= 0.6 is 0 Å². The average Bonchev–Trinajstić information content (AvgIpc) is 2.16. The van der Waals surface area contributed by atoms with E-state index in [2.05, 4.69) is 6.92 Å². The zero-order valence-corrected chi connectivity index (χ0v) is 11.0. The summed E-state index contributed by atoms with van der Waals surface area (Å²) in [7, 11) is 0. The summed E-state index contributed by atoms with van der Waals surface area (Å²) in [5.41, 5.74) is 5.10. The van der Waals surface area contributed by atoms with Crippen molar-refractivity contribution in [3.8, 4) is 0 Å². The van der Waals surface area contributed by atoms with Crippen LogP contribution in [0.5, 0.6) is 0 Å². The molecule has 16 heavy (non-hydrogen) atoms. The van der Waals surface area contributed by atoms with Crippen molar-refractivity contribution in [1.29, 1.82) is 0 Å². The number of rotatable bonds is 5. The summed E-state index contributed by atoms with van der Waals surface area (Å²) in [6.07, 6.45) is 5.30. The Bertz CT molecular complexity index is 212. The van der Waals surface area contributed by atoms with E-state index in [0.717, 1.165) is 12.8 Å². The van der Waals surface area contributed by atoms with Crippen LogP contribution in [0.1, 0.15) is 52.9 Å². The molecule has 0 aliphatic heterocycles. The minimum Gasteiger partial charge on any atom is -0.390 e. The first-order valence-electron chi connectivity index (χ1n) is 6.43. The summed E-state index contributed by atoms with van der Waals surface area (Å²) in [6.45, 7) is 7.10. The van der Waals surface area contributed by atoms with Gasteiger partial charge in [-0.2, -0.15) is 0 Å². The predicted molar refractivity (Wildman–Crippen MR) is 66.3 cm³/mol. The number of aliphatic hydroxyl groups is 1. The predicted octanol–water partition coefficient (Wildman–Crippen LogP) is 2.07. The van der Waals surface area contributed by atoms with Gasteiger partial charge in [0.25, 0.3) is 0 Å². The van der Waals surface area contributed by atoms with E-state index >= 15 is 0 Å². The van der Waals surface area contributed by atoms with Crippen molar-refractivity contribution in [3.63, 3.8) is 0 Å². The standard InChI is InChI=1S/C13H27NO2/c1-11-5-4-6-13(9-11,10-14)16-8-7-12(2,3)15/h11,15H,4-10,14H2,1-3H3. The molecule has 0 radical (unpaired) electrons. The summed E-state index contributed by atoms with van der Waals surface area (Å²) < 4.78 is 5.98. The van der Waals surface area contributed by atoms with Gasteiger partial charge < -0.3 is 15.6 Å². The van der Waals surface area contributed by atoms with Crippen LogP contribution in [0.25, 0.3) is 0 Å². The molecule has 2 unspecified atom stereocenters. The molecule has 1 fully saturated rings. The fourth-order valence-electron chi connectivity index (χ4n) is 2.50. The van der Waals surface area contributed by atoms with Crippen LogP contribution in [0.15, 0.2) is 0 Å². The van der Waals surface area contributed by atoms with Gasteiger partial charge in [0.1, 0.15) is 0 Å². The average molecular weight is 229 g/mol. The van der Waals surface area contributed by atoms with E-state index < -0.39 is 5.60 Å². The molecule has 0 amide bonds. The fraction of sp³-hybridized carbons (Fsp3) is 1.00. The largest absolute Gasteiger partial charge is 0.390 e. The Labute approximate surface area is 99.4 Å². The third-order valence-electron chi connectivity index (χ3n) is 3.54. The van der Waals surface area contributed by atoms with E-state index in [1.54, 1.807) is 0 Å². The van der Waals surface area contributed by atoms with Crippen molar-refractivity contribution in [2.24, 2.45) is 11.7 Å². The molecule has 0 saturated heterocycles. The Morgan fingerprint density at radius 3 is 2.69 bits per heavy atom. The Kier molecular flexibility index (Phi) is 4.77. The molecule has 1 rings (SSSR count). The van der Waals surface area contributed by atoms with E-state index in [1.807, 2.05) is 13.8 Å². The summed E-state index contributed by atoms with van der Waals surface area (Å²) >= 11 is 0. The van der Waals surface area contributed by atoms with Gasteiger partial charge >= 0.3 is 0 Å². The Balaban J connectivity index is 2.41. The minimum absolute atomic E-state index is 0.122. The Morgan fingerprint density at radius 1 is 1.50 bits per heavy atom. The lowest BCUT2D eigenvalue weighted by molar-refractivity contribution is -0.0895. The number of hydrogen-bond donors (Lipinski definition) is 2. The summed E-state index contributed by atoms with van der Waals surface area (Å²) in [5, 5.41) is 9.64. The van der Waals surface area contributed by atoms with Crippen LogP contribution in [0.2, 0.25) is 0 Å². The van der Waals surface area contributed by atoms with Crippen molar-refractivity contribution >= 4 is 0 Å². The van der Waals surface area contributed by atoms with Crippen LogP contribution in [-0.2, 0) is 4.74 Å². The Hall–Kier alpha value is -0.120. The lowest BCUT2D eigenvalue weighted by atomic mass is 9.79. The third kappa shape index (κ3) is 4.40. The van der Waals surface area contributed by atoms with Crippen molar-refractivity contribution < 1.29 is 9.84 Å². The molecule has 0 spiro atoms. The van der Waals surface area contributed by atoms with E-state index in [-0.39, 0.29) is 5.60 Å². The molecule has 2 atom stereocenters. The second-order valence-electron chi connectivity index (χ2n) is 6.00. The van der Waals surface area contributed by atoms with Crippen LogP contribution in [0.3, 0.4) is 0 Å². The van der Waals surface area contributed by atoms with Gasteiger partial charge in [0.15, 0.2) is 0 Å². The van der Waals surface area contributed by atoms with Gasteiger partial charge in [0.2, 0.25) is 0 Å². The maximum Gasteiger partial charge on any atom is 0.0806 e. The van der Waals surface area contributed by atoms with Crippen molar-refractivity contribution in [2.45, 2.75) is 64.1 Å². The summed E-state index contributed by atoms with van der Waals surface area (Å²) in [5.74, 6) is 0.708. The second kappa shape index (κ2) is 5.48. The SMILES string of the molecule is CC1CCCC(CN)(OCCC(C)(C)O)C1. The number of ether oxygens (including phenoxy) is 1. The summed E-state index contributed by atoms with van der Waals surface area (Å²) in [4.78, 5) is 0. The molecule has 1 saturated carbocycles. The first-order valence-corrected chi connectivity index (χ1v) is 6.43. The summed E-state index contributed by atoms with van der Waals surface area (Å²) in [6, 6.07) is 0. The third-order valence-corrected chi connectivity index (χ3v) is 3.54. The normalized spacial score (nSPS) is 31.7. The van der Waals surface area contributed by atoms with Gasteiger partial charge in [-0.3, -0.25) is 0 Å². The van der Waals surface area contributed by atoms with Crippen molar-refractivity contribution in [1.82, 2.24) is 0 Å². The molecule has 1 aliphatic rings. The molecule has 0 heterocycles. The zero-order valence-electron chi connectivity index (χ0n) is 11.0. The van der Waals surface area contributed by atoms with Gasteiger partial charge in [0, 0.05) is 6.54 Å². The van der Waals surface area contributed by atoms with Crippen molar-refractivity contribution in [3.05, 3.63) is 0 Å². The molecule has 1 aliphatic carbocycles. The van der Waals surface area contributed by atoms with Crippen LogP contribution in [0, 0.1) is 5.92 Å². The highest BCUT2D eigenvalue weighted by Crippen LogP contribution is 2.34. The molecule has 3 nitrogen and oxygen atoms in total. The quantitative estimate of drug-likeness (QED) is 0.759. The first kappa shape index (κ1) is 13.9. The molecule has 0 aromatic heterocycles. The lowest BCUT2D eigenvalue weighted by Crippen LogP contribution is -2.45. The fourth-order valence-corrected chi connectivity index (χ4v) is 2.50. The van der Waals surface area contributed by atoms with Crippen LogP contribution < -0.4 is 5.73 Å². The number of nitrogens with two attached hydrogens (primary N) is 1. The highest BCUT2D eigenvalue weighted by molar-refractivity contribution is 4.88. The maximum atomic E-state index is 9.64. The van der Waals surface area contributed by atoms with E-state index in [4.69, 9.17) is 10.5 Å². The molecule has 3 heteroatoms. The first-order chi connectivity index (χ1) is 7.37. The minimum atomic E-state index is -0.643. The molecular formula is C13H27NO2. The molecule has 0 aromatic rings. The van der Waals surface area contributed by atoms with Crippen LogP contribution in [-0.4, -0.2) is 29.5 Å². The molecule has 0 aromatic carbocycles. The smallest absolute Gasteiger partial charge is 0.0806 e. The molecule has 3 N–H and O–H groups in total. The molecule has 0 bridgehead atoms. The highest BCUT2D eigenvalue weighted by Gasteiger charge is 2.34. The van der Waals surface area contributed by atoms with E-state index in [1.165, 1.54) is 12.8 Å². The second-order valence-corrected chi connectivity index (χ2v) is 6.00. The van der Waals surface area contributed by atoms with E-state index in [9.17, 15) is 5.11 Å². The highest BCUT2D eigenvalue weighted by atomic mass is 16.5. The van der Waals surface area contributed by atoms with Gasteiger partial charge in [0.05, 0.1) is 17.8 Å². The molecular weight excluding hydrogens is 202 g/mol. The topological polar surface area (TPSA) is 55.5 Å². The van der Waals surface area contributed by atoms with Gasteiger partial charge in [-0.25, -0.2) is 0 Å². The monoisotopic (exact) mass is 229 g/mol. The maximum absolute atomic E-state index is 9.64. The van der Waals surface area contributed by atoms with Gasteiger partial charge in [-0.1, -0.05) is 19.8 Å². The molecule has 96 valence electrons.